The highest BCUT2D eigenvalue weighted by Gasteiger charge is 2.61. The number of unbranched alkanes of at least 4 members (excludes halogenated alkanes) is 1. The minimum atomic E-state index is -0.773. The molecule has 1 saturated carbocycles. The van der Waals surface area contributed by atoms with Crippen LogP contribution in [0.25, 0.3) is 0 Å². The fourth-order valence-corrected chi connectivity index (χ4v) is 2.11. The SMILES string of the molecule is CCCCC1CC1(NC(=O)NC)C(=O)OCC. The van der Waals surface area contributed by atoms with Crippen molar-refractivity contribution in [3.8, 4) is 0 Å². The van der Waals surface area contributed by atoms with Crippen LogP contribution in [0.5, 0.6) is 0 Å². The summed E-state index contributed by atoms with van der Waals surface area (Å²) in [5, 5.41) is 5.21. The number of esters is 1. The van der Waals surface area contributed by atoms with E-state index in [-0.39, 0.29) is 17.9 Å². The summed E-state index contributed by atoms with van der Waals surface area (Å²) in [5.41, 5.74) is -0.773. The summed E-state index contributed by atoms with van der Waals surface area (Å²) >= 11 is 0. The van der Waals surface area contributed by atoms with E-state index in [2.05, 4.69) is 17.6 Å². The summed E-state index contributed by atoms with van der Waals surface area (Å²) in [4.78, 5) is 23.3. The first-order valence-corrected chi connectivity index (χ1v) is 6.27. The Labute approximate surface area is 102 Å². The predicted octanol–water partition coefficient (Wildman–Crippen LogP) is 1.43. The third kappa shape index (κ3) is 3.11. The maximum absolute atomic E-state index is 11.9. The van der Waals surface area contributed by atoms with E-state index in [0.29, 0.717) is 13.0 Å². The van der Waals surface area contributed by atoms with E-state index < -0.39 is 5.54 Å². The van der Waals surface area contributed by atoms with Crippen molar-refractivity contribution in [2.45, 2.75) is 45.1 Å². The van der Waals surface area contributed by atoms with Crippen molar-refractivity contribution < 1.29 is 14.3 Å². The molecule has 0 aromatic heterocycles. The number of hydrogen-bond acceptors (Lipinski definition) is 3. The van der Waals surface area contributed by atoms with Gasteiger partial charge in [-0.1, -0.05) is 19.8 Å². The Kier molecular flexibility index (Phi) is 4.78. The standard InChI is InChI=1S/C12H22N2O3/c1-4-6-7-9-8-12(9,10(15)17-5-2)14-11(16)13-3/h9H,4-8H2,1-3H3,(H2,13,14,16). The molecule has 2 amide bonds. The van der Waals surface area contributed by atoms with E-state index in [1.165, 1.54) is 7.05 Å². The molecular formula is C12H22N2O3. The van der Waals surface area contributed by atoms with Crippen molar-refractivity contribution in [1.29, 1.82) is 0 Å². The predicted molar refractivity (Wildman–Crippen MR) is 64.6 cm³/mol. The molecule has 0 spiro atoms. The second-order valence-corrected chi connectivity index (χ2v) is 4.44. The van der Waals surface area contributed by atoms with Gasteiger partial charge in [0.15, 0.2) is 0 Å². The minimum absolute atomic E-state index is 0.221. The van der Waals surface area contributed by atoms with Gasteiger partial charge in [0, 0.05) is 7.05 Å². The fraction of sp³-hybridized carbons (Fsp3) is 0.833. The maximum Gasteiger partial charge on any atom is 0.332 e. The third-order valence-corrected chi connectivity index (χ3v) is 3.21. The largest absolute Gasteiger partial charge is 0.464 e. The molecule has 5 nitrogen and oxygen atoms in total. The Hall–Kier alpha value is -1.26. The van der Waals surface area contributed by atoms with E-state index in [9.17, 15) is 9.59 Å². The molecule has 1 aliphatic carbocycles. The molecule has 0 heterocycles. The second-order valence-electron chi connectivity index (χ2n) is 4.44. The van der Waals surface area contributed by atoms with Gasteiger partial charge >= 0.3 is 12.0 Å². The number of rotatable bonds is 6. The van der Waals surface area contributed by atoms with Crippen molar-refractivity contribution in [2.75, 3.05) is 13.7 Å². The average Bonchev–Trinajstić information content (AvgIpc) is 3.01. The highest BCUT2D eigenvalue weighted by Crippen LogP contribution is 2.47. The molecule has 2 unspecified atom stereocenters. The van der Waals surface area contributed by atoms with Gasteiger partial charge in [0.25, 0.3) is 0 Å². The van der Waals surface area contributed by atoms with Crippen molar-refractivity contribution in [2.24, 2.45) is 5.92 Å². The van der Waals surface area contributed by atoms with E-state index >= 15 is 0 Å². The molecule has 2 atom stereocenters. The molecule has 0 aromatic carbocycles. The Balaban J connectivity index is 2.61. The Morgan fingerprint density at radius 2 is 2.12 bits per heavy atom. The first kappa shape index (κ1) is 13.8. The van der Waals surface area contributed by atoms with Crippen LogP contribution in [0.1, 0.15) is 39.5 Å². The van der Waals surface area contributed by atoms with E-state index in [1.54, 1.807) is 6.92 Å². The quantitative estimate of drug-likeness (QED) is 0.692. The van der Waals surface area contributed by atoms with E-state index in [4.69, 9.17) is 4.74 Å². The number of carbonyl (C=O) groups excluding carboxylic acids is 2. The van der Waals surface area contributed by atoms with Gasteiger partial charge < -0.3 is 15.4 Å². The number of hydrogen-bond donors (Lipinski definition) is 2. The molecule has 0 bridgehead atoms. The molecule has 0 radical (unpaired) electrons. The zero-order chi connectivity index (χ0) is 12.9. The Morgan fingerprint density at radius 1 is 1.41 bits per heavy atom. The molecule has 1 fully saturated rings. The summed E-state index contributed by atoms with van der Waals surface area (Å²) in [6.45, 7) is 4.23. The molecule has 0 saturated heterocycles. The zero-order valence-electron chi connectivity index (χ0n) is 10.8. The van der Waals surface area contributed by atoms with Gasteiger partial charge in [-0.2, -0.15) is 0 Å². The Morgan fingerprint density at radius 3 is 2.65 bits per heavy atom. The van der Waals surface area contributed by atoms with Crippen molar-refractivity contribution >= 4 is 12.0 Å². The van der Waals surface area contributed by atoms with Gasteiger partial charge in [0.05, 0.1) is 6.61 Å². The first-order valence-electron chi connectivity index (χ1n) is 6.27. The highest BCUT2D eigenvalue weighted by atomic mass is 16.5. The summed E-state index contributed by atoms with van der Waals surface area (Å²) in [5.74, 6) is -0.0801. The van der Waals surface area contributed by atoms with Crippen LogP contribution in [-0.4, -0.2) is 31.2 Å². The summed E-state index contributed by atoms with van der Waals surface area (Å²) in [6.07, 6.45) is 3.81. The van der Waals surface area contributed by atoms with Crippen LogP contribution in [-0.2, 0) is 9.53 Å². The summed E-state index contributed by atoms with van der Waals surface area (Å²) in [6, 6.07) is -0.322. The highest BCUT2D eigenvalue weighted by molar-refractivity contribution is 5.90. The molecule has 5 heteroatoms. The maximum atomic E-state index is 11.9. The molecule has 2 N–H and O–H groups in total. The van der Waals surface area contributed by atoms with Gasteiger partial charge in [0.2, 0.25) is 0 Å². The molecule has 1 rings (SSSR count). The number of amides is 2. The van der Waals surface area contributed by atoms with Crippen LogP contribution in [0.4, 0.5) is 4.79 Å². The van der Waals surface area contributed by atoms with E-state index in [0.717, 1.165) is 19.3 Å². The number of urea groups is 1. The Bertz CT molecular complexity index is 293. The van der Waals surface area contributed by atoms with Crippen LogP contribution >= 0.6 is 0 Å². The lowest BCUT2D eigenvalue weighted by molar-refractivity contribution is -0.147. The van der Waals surface area contributed by atoms with Crippen molar-refractivity contribution in [3.05, 3.63) is 0 Å². The van der Waals surface area contributed by atoms with Gasteiger partial charge in [-0.3, -0.25) is 0 Å². The van der Waals surface area contributed by atoms with Crippen LogP contribution in [0.15, 0.2) is 0 Å². The minimum Gasteiger partial charge on any atom is -0.464 e. The van der Waals surface area contributed by atoms with Crippen LogP contribution in [0.2, 0.25) is 0 Å². The van der Waals surface area contributed by atoms with Gasteiger partial charge in [0.1, 0.15) is 5.54 Å². The van der Waals surface area contributed by atoms with Crippen LogP contribution < -0.4 is 10.6 Å². The number of ether oxygens (including phenoxy) is 1. The van der Waals surface area contributed by atoms with Gasteiger partial charge in [-0.05, 0) is 25.7 Å². The lowest BCUT2D eigenvalue weighted by Gasteiger charge is -2.17. The summed E-state index contributed by atoms with van der Waals surface area (Å²) in [7, 11) is 1.54. The van der Waals surface area contributed by atoms with Crippen LogP contribution in [0, 0.1) is 5.92 Å². The van der Waals surface area contributed by atoms with Gasteiger partial charge in [-0.15, -0.1) is 0 Å². The normalized spacial score (nSPS) is 26.2. The molecule has 98 valence electrons. The molecule has 1 aliphatic rings. The zero-order valence-corrected chi connectivity index (χ0v) is 10.8. The second kappa shape index (κ2) is 5.89. The first-order chi connectivity index (χ1) is 8.10. The van der Waals surface area contributed by atoms with Crippen molar-refractivity contribution in [3.63, 3.8) is 0 Å². The van der Waals surface area contributed by atoms with E-state index in [1.807, 2.05) is 0 Å². The smallest absolute Gasteiger partial charge is 0.332 e. The van der Waals surface area contributed by atoms with Crippen molar-refractivity contribution in [1.82, 2.24) is 10.6 Å². The lowest BCUT2D eigenvalue weighted by Crippen LogP contribution is -2.49. The average molecular weight is 242 g/mol. The topological polar surface area (TPSA) is 67.4 Å². The molecule has 0 aromatic rings. The molecular weight excluding hydrogens is 220 g/mol. The third-order valence-electron chi connectivity index (χ3n) is 3.21. The molecule has 0 aliphatic heterocycles. The van der Waals surface area contributed by atoms with Gasteiger partial charge in [-0.25, -0.2) is 9.59 Å². The summed E-state index contributed by atoms with van der Waals surface area (Å²) < 4.78 is 5.04. The monoisotopic (exact) mass is 242 g/mol. The molecule has 17 heavy (non-hydrogen) atoms. The van der Waals surface area contributed by atoms with Crippen LogP contribution in [0.3, 0.4) is 0 Å². The lowest BCUT2D eigenvalue weighted by atomic mass is 10.1. The number of carbonyl (C=O) groups is 2. The number of nitrogens with one attached hydrogen (secondary N) is 2. The fourth-order valence-electron chi connectivity index (χ4n) is 2.11.